The zero-order valence-corrected chi connectivity index (χ0v) is 6.45. The molecule has 4 nitrogen and oxygen atoms in total. The van der Waals surface area contributed by atoms with Crippen LogP contribution in [0.5, 0.6) is 0 Å². The van der Waals surface area contributed by atoms with Crippen LogP contribution < -0.4 is 0 Å². The van der Waals surface area contributed by atoms with Gasteiger partial charge in [-0.15, -0.1) is 0 Å². The third-order valence-electron chi connectivity index (χ3n) is 1.25. The molecule has 0 aliphatic carbocycles. The highest BCUT2D eigenvalue weighted by atomic mass is 17.1. The predicted molar refractivity (Wildman–Crippen MR) is 37.8 cm³/mol. The second kappa shape index (κ2) is 5.61. The van der Waals surface area contributed by atoms with Crippen molar-refractivity contribution in [2.45, 2.75) is 12.5 Å². The lowest BCUT2D eigenvalue weighted by molar-refractivity contribution is -0.286. The summed E-state index contributed by atoms with van der Waals surface area (Å²) in [7, 11) is 3.84. The Hall–Kier alpha value is -0.160. The molecule has 0 aliphatic heterocycles. The van der Waals surface area contributed by atoms with Crippen molar-refractivity contribution in [3.05, 3.63) is 0 Å². The summed E-state index contributed by atoms with van der Waals surface area (Å²) in [4.78, 5) is 5.93. The van der Waals surface area contributed by atoms with Gasteiger partial charge in [0.25, 0.3) is 0 Å². The van der Waals surface area contributed by atoms with Crippen molar-refractivity contribution in [3.63, 3.8) is 0 Å². The molecule has 0 aromatic heterocycles. The lowest BCUT2D eigenvalue weighted by atomic mass is 10.2. The van der Waals surface area contributed by atoms with Gasteiger partial charge in [-0.05, 0) is 20.5 Å². The van der Waals surface area contributed by atoms with Gasteiger partial charge in [-0.3, -0.25) is 5.26 Å². The van der Waals surface area contributed by atoms with E-state index in [9.17, 15) is 0 Å². The first kappa shape index (κ1) is 9.84. The molecular formula is C6H15NO3. The lowest BCUT2D eigenvalue weighted by Gasteiger charge is -2.13. The van der Waals surface area contributed by atoms with Gasteiger partial charge in [-0.25, -0.2) is 4.89 Å². The molecule has 62 valence electrons. The Balaban J connectivity index is 3.26. The van der Waals surface area contributed by atoms with Crippen molar-refractivity contribution >= 4 is 0 Å². The van der Waals surface area contributed by atoms with E-state index < -0.39 is 6.10 Å². The molecule has 0 aromatic rings. The molecule has 0 rings (SSSR count). The average Bonchev–Trinajstić information content (AvgIpc) is 1.90. The van der Waals surface area contributed by atoms with Crippen molar-refractivity contribution in [1.29, 1.82) is 0 Å². The first-order valence-electron chi connectivity index (χ1n) is 3.26. The second-order valence-corrected chi connectivity index (χ2v) is 2.50. The molecule has 0 aromatic carbocycles. The van der Waals surface area contributed by atoms with Gasteiger partial charge in [0.05, 0.1) is 6.61 Å². The molecule has 0 aliphatic rings. The maximum absolute atomic E-state index is 8.54. The van der Waals surface area contributed by atoms with Gasteiger partial charge >= 0.3 is 0 Å². The van der Waals surface area contributed by atoms with Crippen LogP contribution in [0.2, 0.25) is 0 Å². The van der Waals surface area contributed by atoms with Crippen LogP contribution in [0, 0.1) is 0 Å². The fraction of sp³-hybridized carbons (Fsp3) is 1.00. The third kappa shape index (κ3) is 4.69. The minimum atomic E-state index is -0.442. The number of nitrogens with zero attached hydrogens (tertiary/aromatic N) is 1. The first-order chi connectivity index (χ1) is 4.70. The van der Waals surface area contributed by atoms with Crippen LogP contribution in [-0.4, -0.2) is 48.6 Å². The van der Waals surface area contributed by atoms with E-state index >= 15 is 0 Å². The first-order valence-corrected chi connectivity index (χ1v) is 3.26. The minimum Gasteiger partial charge on any atom is -0.394 e. The van der Waals surface area contributed by atoms with Gasteiger partial charge in [0.2, 0.25) is 0 Å². The normalized spacial score (nSPS) is 14.1. The fourth-order valence-electron chi connectivity index (χ4n) is 0.580. The standard InChI is InChI=1S/C6H15NO3/c1-7(2)4-3-6(5-8)10-9/h6,8-9H,3-5H2,1-2H3. The molecular weight excluding hydrogens is 134 g/mol. The second-order valence-electron chi connectivity index (χ2n) is 2.50. The zero-order valence-electron chi connectivity index (χ0n) is 6.45. The summed E-state index contributed by atoms with van der Waals surface area (Å²) in [5.74, 6) is 0. The quantitative estimate of drug-likeness (QED) is 0.419. The Morgan fingerprint density at radius 1 is 1.50 bits per heavy atom. The van der Waals surface area contributed by atoms with Crippen molar-refractivity contribution in [2.75, 3.05) is 27.2 Å². The Bertz CT molecular complexity index is 73.4. The number of aliphatic hydroxyl groups excluding tert-OH is 1. The lowest BCUT2D eigenvalue weighted by Crippen LogP contribution is -2.23. The monoisotopic (exact) mass is 149 g/mol. The van der Waals surface area contributed by atoms with Crippen LogP contribution in [0.15, 0.2) is 0 Å². The van der Waals surface area contributed by atoms with Crippen molar-refractivity contribution < 1.29 is 15.3 Å². The highest BCUT2D eigenvalue weighted by molar-refractivity contribution is 4.55. The van der Waals surface area contributed by atoms with Crippen molar-refractivity contribution in [3.8, 4) is 0 Å². The Labute approximate surface area is 61.0 Å². The largest absolute Gasteiger partial charge is 0.394 e. The summed E-state index contributed by atoms with van der Waals surface area (Å²) in [5.41, 5.74) is 0. The van der Waals surface area contributed by atoms with E-state index in [1.54, 1.807) is 0 Å². The molecule has 0 spiro atoms. The molecule has 1 unspecified atom stereocenters. The summed E-state index contributed by atoms with van der Waals surface area (Å²) in [6.07, 6.45) is 0.197. The summed E-state index contributed by atoms with van der Waals surface area (Å²) in [6.45, 7) is 0.663. The molecule has 0 amide bonds. The van der Waals surface area contributed by atoms with Crippen LogP contribution in [0.1, 0.15) is 6.42 Å². The summed E-state index contributed by atoms with van der Waals surface area (Å²) >= 11 is 0. The number of hydrogen-bond donors (Lipinski definition) is 2. The number of aliphatic hydroxyl groups is 1. The van der Waals surface area contributed by atoms with Crippen LogP contribution in [0.25, 0.3) is 0 Å². The van der Waals surface area contributed by atoms with E-state index in [0.29, 0.717) is 6.42 Å². The SMILES string of the molecule is CN(C)CCC(CO)OO. The number of hydrogen-bond acceptors (Lipinski definition) is 4. The third-order valence-corrected chi connectivity index (χ3v) is 1.25. The van der Waals surface area contributed by atoms with Crippen LogP contribution in [0.4, 0.5) is 0 Å². The maximum Gasteiger partial charge on any atom is 0.117 e. The molecule has 0 fully saturated rings. The van der Waals surface area contributed by atoms with Gasteiger partial charge < -0.3 is 10.0 Å². The fourth-order valence-corrected chi connectivity index (χ4v) is 0.580. The maximum atomic E-state index is 8.54. The minimum absolute atomic E-state index is 0.135. The summed E-state index contributed by atoms with van der Waals surface area (Å²) in [5, 5.41) is 16.7. The molecule has 0 bridgehead atoms. The summed E-state index contributed by atoms with van der Waals surface area (Å²) < 4.78 is 0. The number of rotatable bonds is 5. The van der Waals surface area contributed by atoms with Gasteiger partial charge in [-0.2, -0.15) is 0 Å². The van der Waals surface area contributed by atoms with E-state index in [4.69, 9.17) is 10.4 Å². The van der Waals surface area contributed by atoms with E-state index in [-0.39, 0.29) is 6.61 Å². The van der Waals surface area contributed by atoms with Gasteiger partial charge in [0.1, 0.15) is 6.10 Å². The Kier molecular flexibility index (Phi) is 5.52. The molecule has 2 N–H and O–H groups in total. The molecule has 10 heavy (non-hydrogen) atoms. The van der Waals surface area contributed by atoms with Crippen LogP contribution >= 0.6 is 0 Å². The predicted octanol–water partition coefficient (Wildman–Crippen LogP) is -0.211. The molecule has 4 heteroatoms. The van der Waals surface area contributed by atoms with E-state index in [1.165, 1.54) is 0 Å². The summed E-state index contributed by atoms with van der Waals surface area (Å²) in [6, 6.07) is 0. The highest BCUT2D eigenvalue weighted by Crippen LogP contribution is 1.95. The molecule has 0 saturated carbocycles. The van der Waals surface area contributed by atoms with Crippen LogP contribution in [0.3, 0.4) is 0 Å². The molecule has 0 heterocycles. The van der Waals surface area contributed by atoms with E-state index in [1.807, 2.05) is 19.0 Å². The van der Waals surface area contributed by atoms with Gasteiger partial charge in [-0.1, -0.05) is 0 Å². The smallest absolute Gasteiger partial charge is 0.117 e. The van der Waals surface area contributed by atoms with Gasteiger partial charge in [0.15, 0.2) is 0 Å². The van der Waals surface area contributed by atoms with Crippen molar-refractivity contribution in [1.82, 2.24) is 4.90 Å². The van der Waals surface area contributed by atoms with E-state index in [0.717, 1.165) is 6.54 Å². The highest BCUT2D eigenvalue weighted by Gasteiger charge is 2.06. The Morgan fingerprint density at radius 2 is 2.10 bits per heavy atom. The van der Waals surface area contributed by atoms with E-state index in [2.05, 4.69) is 4.89 Å². The van der Waals surface area contributed by atoms with Crippen molar-refractivity contribution in [2.24, 2.45) is 0 Å². The molecule has 0 saturated heterocycles. The Morgan fingerprint density at radius 3 is 2.40 bits per heavy atom. The van der Waals surface area contributed by atoms with Gasteiger partial charge in [0, 0.05) is 6.54 Å². The topological polar surface area (TPSA) is 52.9 Å². The molecule has 0 radical (unpaired) electrons. The average molecular weight is 149 g/mol. The van der Waals surface area contributed by atoms with Crippen LogP contribution in [-0.2, 0) is 4.89 Å². The molecule has 1 atom stereocenters. The zero-order chi connectivity index (χ0) is 7.98.